The maximum absolute atomic E-state index is 14.1. The van der Waals surface area contributed by atoms with Gasteiger partial charge in [0.25, 0.3) is 0 Å². The van der Waals surface area contributed by atoms with E-state index in [2.05, 4.69) is 20.6 Å². The van der Waals surface area contributed by atoms with Gasteiger partial charge in [-0.2, -0.15) is 0 Å². The number of thiazole rings is 1. The minimum Gasteiger partial charge on any atom is -0.386 e. The molecule has 3 heterocycles. The van der Waals surface area contributed by atoms with Gasteiger partial charge in [0.15, 0.2) is 5.82 Å². The molecule has 0 aliphatic carbocycles. The van der Waals surface area contributed by atoms with Gasteiger partial charge in [0, 0.05) is 26.7 Å². The van der Waals surface area contributed by atoms with Gasteiger partial charge in [-0.1, -0.05) is 11.3 Å². The van der Waals surface area contributed by atoms with E-state index in [1.807, 2.05) is 24.7 Å². The van der Waals surface area contributed by atoms with E-state index in [-0.39, 0.29) is 5.82 Å². The van der Waals surface area contributed by atoms with Crippen molar-refractivity contribution in [2.45, 2.75) is 0 Å². The highest BCUT2D eigenvalue weighted by molar-refractivity contribution is 7.21. The zero-order chi connectivity index (χ0) is 16.8. The monoisotopic (exact) mass is 342 g/mol. The van der Waals surface area contributed by atoms with Gasteiger partial charge in [0.2, 0.25) is 0 Å². The smallest absolute Gasteiger partial charge is 0.155 e. The van der Waals surface area contributed by atoms with Crippen molar-refractivity contribution < 1.29 is 4.39 Å². The number of nitrogens with zero attached hydrogens (tertiary/aromatic N) is 4. The van der Waals surface area contributed by atoms with Crippen LogP contribution in [-0.4, -0.2) is 33.6 Å². The van der Waals surface area contributed by atoms with Crippen molar-refractivity contribution in [3.05, 3.63) is 30.3 Å². The van der Waals surface area contributed by atoms with Crippen LogP contribution in [0.1, 0.15) is 0 Å². The number of aryl methyl sites for hydroxylation is 1. The average Bonchev–Trinajstić information content (AvgIpc) is 3.17. The molecule has 0 spiro atoms. The third-order valence-corrected chi connectivity index (χ3v) is 4.93. The second-order valence-corrected chi connectivity index (χ2v) is 6.36. The number of rotatable bonds is 3. The first-order chi connectivity index (χ1) is 11.6. The van der Waals surface area contributed by atoms with Crippen LogP contribution in [0, 0.1) is 5.82 Å². The minimum atomic E-state index is -0.302. The molecule has 2 N–H and O–H groups in total. The fraction of sp³-hybridized carbons (Fsp3) is 0.188. The van der Waals surface area contributed by atoms with Gasteiger partial charge >= 0.3 is 0 Å². The molecule has 6 nitrogen and oxygen atoms in total. The van der Waals surface area contributed by atoms with E-state index in [1.165, 1.54) is 17.4 Å². The van der Waals surface area contributed by atoms with Crippen LogP contribution in [0.25, 0.3) is 32.0 Å². The lowest BCUT2D eigenvalue weighted by atomic mass is 10.2. The molecule has 0 unspecified atom stereocenters. The Balaban J connectivity index is 1.97. The zero-order valence-electron chi connectivity index (χ0n) is 13.4. The fourth-order valence-electron chi connectivity index (χ4n) is 2.73. The Morgan fingerprint density at radius 2 is 1.96 bits per heavy atom. The van der Waals surface area contributed by atoms with Gasteiger partial charge in [-0.15, -0.1) is 0 Å². The second-order valence-electron chi connectivity index (χ2n) is 5.38. The Bertz CT molecular complexity index is 1070. The van der Waals surface area contributed by atoms with Crippen LogP contribution in [0.3, 0.4) is 0 Å². The van der Waals surface area contributed by atoms with Crippen LogP contribution >= 0.6 is 11.3 Å². The topological polar surface area (TPSA) is 67.7 Å². The maximum Gasteiger partial charge on any atom is 0.155 e. The Morgan fingerprint density at radius 3 is 2.67 bits per heavy atom. The van der Waals surface area contributed by atoms with E-state index in [0.717, 1.165) is 32.0 Å². The molecule has 8 heteroatoms. The molecule has 0 saturated carbocycles. The van der Waals surface area contributed by atoms with Crippen LogP contribution in [0.5, 0.6) is 0 Å². The third kappa shape index (κ3) is 2.10. The number of pyridine rings is 1. The van der Waals surface area contributed by atoms with Crippen LogP contribution in [0.4, 0.5) is 15.9 Å². The van der Waals surface area contributed by atoms with Gasteiger partial charge in [-0.3, -0.25) is 0 Å². The molecule has 0 fully saturated rings. The van der Waals surface area contributed by atoms with E-state index in [0.29, 0.717) is 11.5 Å². The average molecular weight is 342 g/mol. The van der Waals surface area contributed by atoms with Crippen LogP contribution < -0.4 is 10.6 Å². The number of halogens is 1. The summed E-state index contributed by atoms with van der Waals surface area (Å²) in [5, 5.41) is 6.62. The molecule has 1 aromatic carbocycles. The normalized spacial score (nSPS) is 11.3. The van der Waals surface area contributed by atoms with Crippen LogP contribution in [0.15, 0.2) is 24.5 Å². The molecule has 122 valence electrons. The molecular weight excluding hydrogens is 327 g/mol. The fourth-order valence-corrected chi connectivity index (χ4v) is 3.67. The summed E-state index contributed by atoms with van der Waals surface area (Å²) in [6.07, 6.45) is 1.74. The zero-order valence-corrected chi connectivity index (χ0v) is 14.2. The van der Waals surface area contributed by atoms with Crippen molar-refractivity contribution >= 4 is 44.2 Å². The Morgan fingerprint density at radius 1 is 1.12 bits per heavy atom. The largest absolute Gasteiger partial charge is 0.386 e. The van der Waals surface area contributed by atoms with Crippen molar-refractivity contribution in [1.29, 1.82) is 0 Å². The number of fused-ring (bicyclic) bond motifs is 3. The summed E-state index contributed by atoms with van der Waals surface area (Å²) in [6.45, 7) is 0. The molecule has 0 bridgehead atoms. The molecule has 24 heavy (non-hydrogen) atoms. The van der Waals surface area contributed by atoms with Gasteiger partial charge in [0.05, 0.1) is 12.0 Å². The second kappa shape index (κ2) is 5.41. The van der Waals surface area contributed by atoms with Crippen molar-refractivity contribution in [3.8, 4) is 10.6 Å². The lowest BCUT2D eigenvalue weighted by molar-refractivity contribution is 0.632. The molecule has 0 saturated heterocycles. The highest BCUT2D eigenvalue weighted by atomic mass is 32.1. The SMILES string of the molecule is CNc1ccc(-c2nc3c(nc(NC)c4ncn(C)c43)s2)cc1F. The Kier molecular flexibility index (Phi) is 3.34. The third-order valence-electron chi connectivity index (χ3n) is 3.93. The van der Waals surface area contributed by atoms with Gasteiger partial charge in [-0.05, 0) is 18.2 Å². The summed E-state index contributed by atoms with van der Waals surface area (Å²) in [5.41, 5.74) is 3.67. The number of imidazole rings is 1. The van der Waals surface area contributed by atoms with E-state index >= 15 is 0 Å². The van der Waals surface area contributed by atoms with E-state index in [9.17, 15) is 4.39 Å². The van der Waals surface area contributed by atoms with Gasteiger partial charge in [0.1, 0.15) is 32.2 Å². The molecule has 4 aromatic rings. The number of nitrogens with one attached hydrogen (secondary N) is 2. The summed E-state index contributed by atoms with van der Waals surface area (Å²) >= 11 is 1.44. The predicted octanol–water partition coefficient (Wildman–Crippen LogP) is 3.47. The summed E-state index contributed by atoms with van der Waals surface area (Å²) in [6, 6.07) is 5.05. The summed E-state index contributed by atoms with van der Waals surface area (Å²) in [5.74, 6) is 0.411. The molecule has 0 amide bonds. The van der Waals surface area contributed by atoms with Crippen molar-refractivity contribution in [2.24, 2.45) is 7.05 Å². The first-order valence-corrected chi connectivity index (χ1v) is 8.21. The predicted molar refractivity (Wildman–Crippen MR) is 96.2 cm³/mol. The molecular formula is C16H15FN6S. The summed E-state index contributed by atoms with van der Waals surface area (Å²) < 4.78 is 16.0. The number of benzene rings is 1. The standard InChI is InChI=1S/C16H15FN6S/c1-18-10-5-4-8(6-9(10)17)15-21-12-13-11(20-7-23(13)3)14(19-2)22-16(12)24-15/h4-7,18H,1-3H3,(H,19,22). The van der Waals surface area contributed by atoms with Crippen molar-refractivity contribution in [2.75, 3.05) is 24.7 Å². The Hall–Kier alpha value is -2.74. The quantitative estimate of drug-likeness (QED) is 0.597. The molecule has 0 atom stereocenters. The molecule has 3 aromatic heterocycles. The number of anilines is 2. The first kappa shape index (κ1) is 14.8. The highest BCUT2D eigenvalue weighted by Gasteiger charge is 2.17. The lowest BCUT2D eigenvalue weighted by Gasteiger charge is -2.03. The lowest BCUT2D eigenvalue weighted by Crippen LogP contribution is -1.95. The van der Waals surface area contributed by atoms with Crippen LogP contribution in [0.2, 0.25) is 0 Å². The summed E-state index contributed by atoms with van der Waals surface area (Å²) in [7, 11) is 5.43. The summed E-state index contributed by atoms with van der Waals surface area (Å²) in [4.78, 5) is 14.5. The number of aromatic nitrogens is 4. The molecule has 0 aliphatic heterocycles. The number of hydrogen-bond acceptors (Lipinski definition) is 6. The van der Waals surface area contributed by atoms with E-state index in [4.69, 9.17) is 4.98 Å². The van der Waals surface area contributed by atoms with E-state index in [1.54, 1.807) is 19.4 Å². The maximum atomic E-state index is 14.1. The van der Waals surface area contributed by atoms with Gasteiger partial charge < -0.3 is 15.2 Å². The van der Waals surface area contributed by atoms with Gasteiger partial charge in [-0.25, -0.2) is 19.3 Å². The number of hydrogen-bond donors (Lipinski definition) is 2. The van der Waals surface area contributed by atoms with Crippen molar-refractivity contribution in [1.82, 2.24) is 19.5 Å². The Labute approximate surface area is 141 Å². The highest BCUT2D eigenvalue weighted by Crippen LogP contribution is 2.35. The molecule has 4 rings (SSSR count). The molecule has 0 aliphatic rings. The van der Waals surface area contributed by atoms with E-state index < -0.39 is 0 Å². The van der Waals surface area contributed by atoms with Crippen LogP contribution in [-0.2, 0) is 7.05 Å². The first-order valence-electron chi connectivity index (χ1n) is 7.39. The van der Waals surface area contributed by atoms with Crippen molar-refractivity contribution in [3.63, 3.8) is 0 Å². The minimum absolute atomic E-state index is 0.302. The molecule has 0 radical (unpaired) electrons.